The molecule has 1 aliphatic carbocycles. The van der Waals surface area contributed by atoms with Crippen LogP contribution in [0.15, 0.2) is 48.8 Å². The van der Waals surface area contributed by atoms with Gasteiger partial charge >= 0.3 is 0 Å². The number of carbonyl (C=O) groups is 2. The summed E-state index contributed by atoms with van der Waals surface area (Å²) in [7, 11) is 0. The Morgan fingerprint density at radius 3 is 2.15 bits per heavy atom. The fraction of sp³-hybridized carbons (Fsp3) is 0.263. The Kier molecular flexibility index (Phi) is 5.26. The van der Waals surface area contributed by atoms with Gasteiger partial charge in [0.2, 0.25) is 11.8 Å². The number of carbonyl (C=O) groups excluding carboxylic acids is 2. The maximum absolute atomic E-state index is 12.6. The molecule has 2 atom stereocenters. The summed E-state index contributed by atoms with van der Waals surface area (Å²) < 4.78 is 0. The third kappa shape index (κ3) is 4.05. The minimum absolute atomic E-state index is 0.0224. The number of amides is 2. The second-order valence-electron chi connectivity index (χ2n) is 6.36. The molecule has 0 saturated heterocycles. The van der Waals surface area contributed by atoms with Crippen molar-refractivity contribution in [2.45, 2.75) is 19.3 Å². The number of nitrogen functional groups attached to an aromatic ring is 1. The van der Waals surface area contributed by atoms with E-state index in [1.165, 1.54) is 0 Å². The normalized spacial score (nSPS) is 18.9. The van der Waals surface area contributed by atoms with Crippen LogP contribution in [0.2, 0.25) is 0 Å². The summed E-state index contributed by atoms with van der Waals surface area (Å²) in [4.78, 5) is 29.2. The summed E-state index contributed by atoms with van der Waals surface area (Å²) in [6, 6.07) is 10.3. The summed E-state index contributed by atoms with van der Waals surface area (Å²) in [5.74, 6) is -1.05. The minimum Gasteiger partial charge on any atom is -0.384 e. The largest absolute Gasteiger partial charge is 0.384 e. The molecule has 0 aliphatic heterocycles. The molecule has 0 radical (unpaired) electrons. The summed E-state index contributed by atoms with van der Waals surface area (Å²) in [5.41, 5.74) is 7.27. The Labute approximate surface area is 151 Å². The molecule has 1 aromatic carbocycles. The Morgan fingerprint density at radius 2 is 1.62 bits per heavy atom. The van der Waals surface area contributed by atoms with E-state index < -0.39 is 0 Å². The first-order chi connectivity index (χ1) is 12.5. The van der Waals surface area contributed by atoms with Gasteiger partial charge in [-0.25, -0.2) is 0 Å². The maximum Gasteiger partial charge on any atom is 0.228 e. The molecule has 2 amide bonds. The van der Waals surface area contributed by atoms with Crippen LogP contribution in [0.5, 0.6) is 0 Å². The van der Waals surface area contributed by atoms with Crippen LogP contribution in [0.4, 0.5) is 11.4 Å². The number of amidine groups is 1. The first-order valence-corrected chi connectivity index (χ1v) is 8.51. The first kappa shape index (κ1) is 17.6. The molecule has 0 spiro atoms. The lowest BCUT2D eigenvalue weighted by atomic mass is 9.94. The van der Waals surface area contributed by atoms with Crippen LogP contribution in [0.1, 0.15) is 24.8 Å². The maximum atomic E-state index is 12.6. The van der Waals surface area contributed by atoms with E-state index in [-0.39, 0.29) is 29.5 Å². The number of pyridine rings is 1. The number of anilines is 2. The van der Waals surface area contributed by atoms with Gasteiger partial charge in [0.1, 0.15) is 5.84 Å². The molecule has 26 heavy (non-hydrogen) atoms. The molecule has 1 aliphatic rings. The van der Waals surface area contributed by atoms with Crippen molar-refractivity contribution in [1.82, 2.24) is 4.98 Å². The van der Waals surface area contributed by atoms with Gasteiger partial charge in [-0.15, -0.1) is 0 Å². The number of hydrogen-bond donors (Lipinski definition) is 4. The molecular weight excluding hydrogens is 330 g/mol. The highest BCUT2D eigenvalue weighted by Crippen LogP contribution is 2.33. The van der Waals surface area contributed by atoms with Crippen molar-refractivity contribution >= 4 is 29.0 Å². The molecule has 2 unspecified atom stereocenters. The summed E-state index contributed by atoms with van der Waals surface area (Å²) in [6.45, 7) is 0. The van der Waals surface area contributed by atoms with E-state index in [0.717, 1.165) is 6.42 Å². The number of aromatic nitrogens is 1. The molecule has 1 heterocycles. The zero-order valence-corrected chi connectivity index (χ0v) is 14.2. The third-order valence-corrected chi connectivity index (χ3v) is 4.58. The second kappa shape index (κ2) is 7.77. The quantitative estimate of drug-likeness (QED) is 0.488. The van der Waals surface area contributed by atoms with Crippen LogP contribution in [0, 0.1) is 17.2 Å². The zero-order valence-electron chi connectivity index (χ0n) is 14.2. The van der Waals surface area contributed by atoms with Crippen molar-refractivity contribution in [2.75, 3.05) is 10.6 Å². The molecule has 1 aromatic heterocycles. The molecule has 0 bridgehead atoms. The Balaban J connectivity index is 1.64. The highest BCUT2D eigenvalue weighted by atomic mass is 16.2. The van der Waals surface area contributed by atoms with Crippen LogP contribution in [0.3, 0.4) is 0 Å². The molecule has 3 rings (SSSR count). The average molecular weight is 351 g/mol. The van der Waals surface area contributed by atoms with Gasteiger partial charge in [0.05, 0.1) is 11.9 Å². The van der Waals surface area contributed by atoms with Gasteiger partial charge < -0.3 is 16.4 Å². The lowest BCUT2D eigenvalue weighted by molar-refractivity contribution is -0.128. The van der Waals surface area contributed by atoms with Crippen LogP contribution >= 0.6 is 0 Å². The lowest BCUT2D eigenvalue weighted by Gasteiger charge is -2.19. The Hall–Kier alpha value is -3.22. The molecule has 7 nitrogen and oxygen atoms in total. The number of rotatable bonds is 5. The van der Waals surface area contributed by atoms with Gasteiger partial charge in [-0.2, -0.15) is 0 Å². The summed E-state index contributed by atoms with van der Waals surface area (Å²) >= 11 is 0. The smallest absolute Gasteiger partial charge is 0.228 e. The molecule has 5 N–H and O–H groups in total. The van der Waals surface area contributed by atoms with Gasteiger partial charge in [0.15, 0.2) is 0 Å². The molecule has 7 heteroatoms. The first-order valence-electron chi connectivity index (χ1n) is 8.51. The van der Waals surface area contributed by atoms with Crippen molar-refractivity contribution in [1.29, 1.82) is 5.41 Å². The van der Waals surface area contributed by atoms with Gasteiger partial charge in [-0.1, -0.05) is 6.42 Å². The van der Waals surface area contributed by atoms with E-state index in [9.17, 15) is 9.59 Å². The number of hydrogen-bond acceptors (Lipinski definition) is 4. The SMILES string of the molecule is N=C(N)c1ccc(NC(=O)C2CCCC2C(=O)Nc2cccnc2)cc1. The lowest BCUT2D eigenvalue weighted by Crippen LogP contribution is -2.33. The monoisotopic (exact) mass is 351 g/mol. The number of nitrogens with zero attached hydrogens (tertiary/aromatic N) is 1. The highest BCUT2D eigenvalue weighted by Gasteiger charge is 2.37. The predicted octanol–water partition coefficient (Wildman–Crippen LogP) is 2.36. The standard InChI is InChI=1S/C19H21N5O2/c20-17(21)12-6-8-13(9-7-12)23-18(25)15-4-1-5-16(15)19(26)24-14-3-2-10-22-11-14/h2-3,6-11,15-16H,1,4-5H2,(H3,20,21)(H,23,25)(H,24,26). The Bertz CT molecular complexity index is 804. The predicted molar refractivity (Wildman–Crippen MR) is 99.8 cm³/mol. The van der Waals surface area contributed by atoms with E-state index in [0.29, 0.717) is 29.8 Å². The van der Waals surface area contributed by atoms with E-state index in [4.69, 9.17) is 11.1 Å². The fourth-order valence-electron chi connectivity index (χ4n) is 3.23. The van der Waals surface area contributed by atoms with E-state index in [1.54, 1.807) is 48.8 Å². The molecule has 134 valence electrons. The van der Waals surface area contributed by atoms with Crippen LogP contribution in [0.25, 0.3) is 0 Å². The van der Waals surface area contributed by atoms with Gasteiger partial charge in [-0.05, 0) is 49.2 Å². The van der Waals surface area contributed by atoms with Gasteiger partial charge in [0, 0.05) is 29.3 Å². The zero-order chi connectivity index (χ0) is 18.5. The van der Waals surface area contributed by atoms with Gasteiger partial charge in [0.25, 0.3) is 0 Å². The van der Waals surface area contributed by atoms with Crippen LogP contribution in [-0.2, 0) is 9.59 Å². The van der Waals surface area contributed by atoms with Crippen molar-refractivity contribution < 1.29 is 9.59 Å². The molecule has 2 aromatic rings. The molecular formula is C19H21N5O2. The number of nitrogens with two attached hydrogens (primary N) is 1. The van der Waals surface area contributed by atoms with Crippen molar-refractivity contribution in [3.05, 3.63) is 54.4 Å². The van der Waals surface area contributed by atoms with Crippen molar-refractivity contribution in [3.63, 3.8) is 0 Å². The fourth-order valence-corrected chi connectivity index (χ4v) is 3.23. The highest BCUT2D eigenvalue weighted by molar-refractivity contribution is 6.00. The number of benzene rings is 1. The summed E-state index contributed by atoms with van der Waals surface area (Å²) in [6.07, 6.45) is 5.43. The minimum atomic E-state index is -0.362. The van der Waals surface area contributed by atoms with Crippen molar-refractivity contribution in [2.24, 2.45) is 17.6 Å². The van der Waals surface area contributed by atoms with Crippen LogP contribution in [-0.4, -0.2) is 22.6 Å². The number of nitrogens with one attached hydrogen (secondary N) is 3. The second-order valence-corrected chi connectivity index (χ2v) is 6.36. The van der Waals surface area contributed by atoms with Gasteiger partial charge in [-0.3, -0.25) is 20.0 Å². The molecule has 1 saturated carbocycles. The van der Waals surface area contributed by atoms with Crippen molar-refractivity contribution in [3.8, 4) is 0 Å². The van der Waals surface area contributed by atoms with E-state index in [2.05, 4.69) is 15.6 Å². The average Bonchev–Trinajstić information content (AvgIpc) is 3.13. The third-order valence-electron chi connectivity index (χ3n) is 4.58. The van der Waals surface area contributed by atoms with Crippen LogP contribution < -0.4 is 16.4 Å². The summed E-state index contributed by atoms with van der Waals surface area (Å²) in [5, 5.41) is 13.1. The topological polar surface area (TPSA) is 121 Å². The molecule has 1 fully saturated rings. The van der Waals surface area contributed by atoms with E-state index >= 15 is 0 Å². The Morgan fingerprint density at radius 1 is 1.00 bits per heavy atom. The van der Waals surface area contributed by atoms with E-state index in [1.807, 2.05) is 0 Å².